The molecule has 0 radical (unpaired) electrons. The van der Waals surface area contributed by atoms with Gasteiger partial charge >= 0.3 is 0 Å². The van der Waals surface area contributed by atoms with Crippen LogP contribution in [0.25, 0.3) is 0 Å². The lowest BCUT2D eigenvalue weighted by molar-refractivity contribution is -0.136. The Kier molecular flexibility index (Phi) is 18.9. The zero-order valence-electron chi connectivity index (χ0n) is 33.8. The second kappa shape index (κ2) is 23.7. The molecular weight excluding hydrogens is 849 g/mol. The number of phenols is 1. The monoisotopic (exact) mass is 898 g/mol. The molecule has 0 heterocycles. The van der Waals surface area contributed by atoms with Crippen LogP contribution in [-0.4, -0.2) is 133 Å². The number of anilines is 1. The van der Waals surface area contributed by atoms with Crippen LogP contribution < -0.4 is 92.5 Å². The largest absolute Gasteiger partial charge is 0.507 e. The van der Waals surface area contributed by atoms with Crippen LogP contribution in [0.3, 0.4) is 0 Å². The topological polar surface area (TPSA) is 547 Å². The second-order valence-electron chi connectivity index (χ2n) is 13.0. The van der Waals surface area contributed by atoms with Gasteiger partial charge in [-0.2, -0.15) is 0 Å². The van der Waals surface area contributed by atoms with Gasteiger partial charge in [0.25, 0.3) is 35.4 Å². The molecule has 346 valence electrons. The minimum absolute atomic E-state index is 0.107. The van der Waals surface area contributed by atoms with E-state index in [2.05, 4.69) is 31.6 Å². The Morgan fingerprint density at radius 2 is 1.00 bits per heavy atom. The number of aliphatic imine (C=N–C) groups is 1. The molecule has 0 saturated carbocycles. The van der Waals surface area contributed by atoms with Gasteiger partial charge in [0.1, 0.15) is 11.8 Å². The van der Waals surface area contributed by atoms with Crippen LogP contribution in [0.15, 0.2) is 53.5 Å². The molecule has 0 aliphatic carbocycles. The molecule has 0 aromatic heterocycles. The number of aliphatic hydroxyl groups is 1. The number of benzene rings is 2. The van der Waals surface area contributed by atoms with E-state index < -0.39 is 108 Å². The van der Waals surface area contributed by atoms with Gasteiger partial charge in [-0.25, -0.2) is 0 Å². The third-order valence-electron chi connectivity index (χ3n) is 7.80. The van der Waals surface area contributed by atoms with Gasteiger partial charge < -0.3 is 103 Å². The fourth-order valence-corrected chi connectivity index (χ4v) is 4.80. The maximum absolute atomic E-state index is 13.8. The van der Waals surface area contributed by atoms with Crippen LogP contribution in [-0.2, 0) is 33.6 Å². The number of aromatic hydroxyl groups is 1. The third kappa shape index (κ3) is 16.6. The quantitative estimate of drug-likeness (QED) is 0.0314. The molecule has 0 bridgehead atoms. The first-order valence-corrected chi connectivity index (χ1v) is 18.0. The van der Waals surface area contributed by atoms with Gasteiger partial charge in [0, 0.05) is 37.6 Å². The second-order valence-corrected chi connectivity index (χ2v) is 13.0. The van der Waals surface area contributed by atoms with E-state index in [0.29, 0.717) is 5.69 Å². The first-order valence-electron chi connectivity index (χ1n) is 18.0. The third-order valence-corrected chi connectivity index (χ3v) is 7.80. The van der Waals surface area contributed by atoms with Crippen molar-refractivity contribution in [3.63, 3.8) is 0 Å². The molecule has 0 fully saturated rings. The predicted octanol–water partition coefficient (Wildman–Crippen LogP) is -9.36. The summed E-state index contributed by atoms with van der Waals surface area (Å²) in [5.41, 5.74) is 32.9. The van der Waals surface area contributed by atoms with Crippen molar-refractivity contribution in [1.82, 2.24) is 53.2 Å². The fraction of sp³-hybridized carbons (Fsp3) is 0.273. The number of nitrogens with one attached hydrogen (secondary N) is 14. The van der Waals surface area contributed by atoms with E-state index in [1.54, 1.807) is 31.1 Å². The van der Waals surface area contributed by atoms with E-state index in [0.717, 1.165) is 6.21 Å². The van der Waals surface area contributed by atoms with Gasteiger partial charge in [-0.1, -0.05) is 30.3 Å². The molecule has 2 aromatic carbocycles. The van der Waals surface area contributed by atoms with Crippen molar-refractivity contribution in [2.75, 3.05) is 19.0 Å². The van der Waals surface area contributed by atoms with E-state index in [1.807, 2.05) is 26.6 Å². The summed E-state index contributed by atoms with van der Waals surface area (Å²) < 4.78 is 0. The van der Waals surface area contributed by atoms with E-state index in [4.69, 9.17) is 56.0 Å². The van der Waals surface area contributed by atoms with Gasteiger partial charge in [0.2, 0.25) is 12.1 Å². The van der Waals surface area contributed by atoms with Crippen molar-refractivity contribution in [2.24, 2.45) is 39.4 Å². The van der Waals surface area contributed by atoms with Gasteiger partial charge in [-0.15, -0.1) is 0 Å². The van der Waals surface area contributed by atoms with E-state index in [1.165, 1.54) is 36.4 Å². The first-order chi connectivity index (χ1) is 29.9. The highest BCUT2D eigenvalue weighted by Crippen LogP contribution is 2.22. The van der Waals surface area contributed by atoms with Crippen molar-refractivity contribution >= 4 is 77.1 Å². The number of amides is 7. The van der Waals surface area contributed by atoms with Crippen molar-refractivity contribution in [2.45, 2.75) is 43.1 Å². The molecule has 7 amide bonds. The number of nitrogens with two attached hydrogens (primary N) is 6. The number of hydrogen-bond donors (Lipinski definition) is 22. The normalized spacial score (nSPS) is 13.9. The Morgan fingerprint density at radius 1 is 0.594 bits per heavy atom. The molecule has 2 aromatic rings. The molecule has 31 heteroatoms. The molecule has 0 saturated heterocycles. The number of hydrogen-bond acceptors (Lipinski definition) is 16. The highest BCUT2D eigenvalue weighted by atomic mass is 16.3. The summed E-state index contributed by atoms with van der Waals surface area (Å²) in [5.74, 6) is -12.9. The highest BCUT2D eigenvalue weighted by molar-refractivity contribution is 6.00. The van der Waals surface area contributed by atoms with Crippen LogP contribution in [0, 0.1) is 21.6 Å². The minimum atomic E-state index is -2.14. The maximum atomic E-state index is 13.8. The summed E-state index contributed by atoms with van der Waals surface area (Å²) in [6, 6.07) is 10.2. The van der Waals surface area contributed by atoms with Crippen molar-refractivity contribution in [3.05, 3.63) is 59.7 Å². The summed E-state index contributed by atoms with van der Waals surface area (Å²) in [6.07, 6.45) is -11.2. The Labute approximate surface area is 362 Å². The smallest absolute Gasteiger partial charge is 0.272 e. The summed E-state index contributed by atoms with van der Waals surface area (Å²) in [7, 11) is 3.49. The van der Waals surface area contributed by atoms with Crippen molar-refractivity contribution in [3.8, 4) is 5.75 Å². The predicted molar refractivity (Wildman–Crippen MR) is 227 cm³/mol. The average Bonchev–Trinajstić information content (AvgIpc) is 3.20. The molecule has 64 heavy (non-hydrogen) atoms. The minimum Gasteiger partial charge on any atom is -0.507 e. The number of phenolic OH excluding ortho intramolecular Hbond substituents is 1. The lowest BCUT2D eigenvalue weighted by Crippen LogP contribution is -2.69. The van der Waals surface area contributed by atoms with Crippen molar-refractivity contribution in [1.29, 1.82) is 21.6 Å². The van der Waals surface area contributed by atoms with Crippen molar-refractivity contribution < 1.29 is 43.8 Å². The Bertz CT molecular complexity index is 2140. The number of aliphatic hydroxyl groups excluding tert-OH is 1. The molecule has 2 rings (SSSR count). The lowest BCUT2D eigenvalue weighted by atomic mass is 10.1. The Hall–Kier alpha value is -9.00. The van der Waals surface area contributed by atoms with Crippen LogP contribution >= 0.6 is 0 Å². The lowest BCUT2D eigenvalue weighted by Gasteiger charge is -2.28. The SMILES string of the molecule is CN(C)c1ccc(/C=N/C(O)C(=O)NC(C(=O)NC(NC(=N)N)C(=O)NC(NC(=N)N)C(=O)NC(NC(=N)N)C(=O)NC(NC(=N)N)C(=O)NC(N)C(N)=O)c2ccccc2)c(O)c1. The van der Waals surface area contributed by atoms with Gasteiger partial charge in [-0.3, -0.25) is 60.2 Å². The number of primary amides is 1. The van der Waals surface area contributed by atoms with E-state index >= 15 is 0 Å². The number of carbonyl (C=O) groups excluding carboxylic acids is 7. The molecule has 31 nitrogen and oxygen atoms in total. The molecular formula is C33H50N22O9. The zero-order valence-corrected chi connectivity index (χ0v) is 33.8. The molecule has 0 aliphatic heterocycles. The summed E-state index contributed by atoms with van der Waals surface area (Å²) in [5, 5.41) is 72.0. The zero-order chi connectivity index (χ0) is 48.4. The first kappa shape index (κ1) is 51.1. The van der Waals surface area contributed by atoms with Gasteiger partial charge in [0.15, 0.2) is 54.7 Å². The van der Waals surface area contributed by atoms with E-state index in [9.17, 15) is 43.8 Å². The summed E-state index contributed by atoms with van der Waals surface area (Å²) >= 11 is 0. The molecule has 0 spiro atoms. The Balaban J connectivity index is 2.37. The average molecular weight is 899 g/mol. The van der Waals surface area contributed by atoms with Crippen LogP contribution in [0.4, 0.5) is 5.69 Å². The number of nitrogens with zero attached hydrogens (tertiary/aromatic N) is 2. The van der Waals surface area contributed by atoms with Gasteiger partial charge in [0.05, 0.1) is 0 Å². The molecule has 0 aliphatic rings. The number of guanidine groups is 4. The summed E-state index contributed by atoms with van der Waals surface area (Å²) in [6.45, 7) is 0. The molecule has 7 unspecified atom stereocenters. The molecule has 7 atom stereocenters. The van der Waals surface area contributed by atoms with Gasteiger partial charge in [-0.05, 0) is 17.7 Å². The standard InChI is InChI=1S/C33H50N22O9/c1-55(2)14-9-8-13(15(56)10-14)11-44-28(63)29(64)45-16(12-6-4-3-5-7-12)23(58)47-20(52-31(38)39)25(60)49-22(54-33(42)43)27(62)50-21(53-32(40)41)26(61)48-19(51-30(36)37)24(59)46-17(34)18(35)57/h3-11,16-17,19-22,28,56,63H,34H2,1-2H3,(H2,35,57)(H,45,64)(H,46,59)(H,47,58)(H,48,61)(H,49,60)(H,50,62)(H4,36,37,51)(H4,38,39,52)(H4,40,41,53)(H4,42,43,54)/b44-11+. The number of carbonyl (C=O) groups is 7. The highest BCUT2D eigenvalue weighted by Gasteiger charge is 2.34. The molecule has 28 N–H and O–H groups in total. The summed E-state index contributed by atoms with van der Waals surface area (Å²) in [4.78, 5) is 96.8. The fourth-order valence-electron chi connectivity index (χ4n) is 4.80. The van der Waals surface area contributed by atoms with Crippen LogP contribution in [0.1, 0.15) is 17.2 Å². The van der Waals surface area contributed by atoms with Crippen LogP contribution in [0.2, 0.25) is 0 Å². The maximum Gasteiger partial charge on any atom is 0.272 e. The van der Waals surface area contributed by atoms with E-state index in [-0.39, 0.29) is 16.9 Å². The number of rotatable bonds is 21. The Morgan fingerprint density at radius 3 is 1.38 bits per heavy atom. The van der Waals surface area contributed by atoms with Crippen LogP contribution in [0.5, 0.6) is 5.75 Å².